The van der Waals surface area contributed by atoms with Gasteiger partial charge in [0.25, 0.3) is 0 Å². The van der Waals surface area contributed by atoms with Gasteiger partial charge in [0.15, 0.2) is 49.4 Å². The van der Waals surface area contributed by atoms with E-state index in [4.69, 9.17) is 91.2 Å². The van der Waals surface area contributed by atoms with Gasteiger partial charge in [0.1, 0.15) is 42.7 Å². The molecule has 4 aliphatic rings. The van der Waals surface area contributed by atoms with Crippen LogP contribution in [0.1, 0.15) is 103 Å². The van der Waals surface area contributed by atoms with E-state index in [0.717, 1.165) is 32.1 Å². The van der Waals surface area contributed by atoms with Gasteiger partial charge in [0, 0.05) is 72.3 Å². The van der Waals surface area contributed by atoms with Crippen LogP contribution in [-0.4, -0.2) is 178 Å². The molecule has 0 radical (unpaired) electrons. The molecule has 610 valence electrons. The number of hydrogen-bond acceptors (Lipinski definition) is 25. The minimum atomic E-state index is -1.90. The number of nitrogens with one attached hydrogen (secondary N) is 7. The number of rotatable bonds is 36. The zero-order chi connectivity index (χ0) is 79.9. The maximum atomic E-state index is 14.8. The van der Waals surface area contributed by atoms with E-state index in [1.54, 1.807) is 182 Å². The zero-order valence-electron chi connectivity index (χ0n) is 63.2. The van der Waals surface area contributed by atoms with E-state index in [1.165, 1.54) is 44.9 Å². The van der Waals surface area contributed by atoms with Crippen LogP contribution >= 0.6 is 0 Å². The summed E-state index contributed by atoms with van der Waals surface area (Å²) in [5.74, 6) is -0.376. The Balaban J connectivity index is 0.995. The van der Waals surface area contributed by atoms with Gasteiger partial charge in [-0.1, -0.05) is 193 Å². The average Bonchev–Trinajstić information content (AvgIpc) is 1.73. The molecule has 19 unspecified atom stereocenters. The molecule has 6 aromatic rings. The molecule has 19 atom stereocenters. The highest BCUT2D eigenvalue weighted by molar-refractivity contribution is 5.88. The summed E-state index contributed by atoms with van der Waals surface area (Å²) in [5.41, 5.74) is 43.5. The molecule has 0 bridgehead atoms. The third-order valence-corrected chi connectivity index (χ3v) is 19.6. The second-order valence-electron chi connectivity index (χ2n) is 28.1. The molecule has 0 spiro atoms. The topological polar surface area (TPSA) is 471 Å². The van der Waals surface area contributed by atoms with Crippen LogP contribution in [0.25, 0.3) is 0 Å². The Labute approximate surface area is 656 Å². The molecule has 10 rings (SSSR count). The van der Waals surface area contributed by atoms with Crippen molar-refractivity contribution < 1.29 is 90.4 Å². The van der Waals surface area contributed by atoms with Crippen molar-refractivity contribution in [3.63, 3.8) is 0 Å². The van der Waals surface area contributed by atoms with Gasteiger partial charge in [-0.3, -0.25) is 36.7 Å². The van der Waals surface area contributed by atoms with Crippen LogP contribution in [0.4, 0.5) is 62.9 Å². The number of amides is 7. The van der Waals surface area contributed by atoms with Gasteiger partial charge in [-0.05, 0) is 85.6 Å². The Hall–Kier alpha value is -10.1. The highest BCUT2D eigenvalue weighted by atomic mass is 16.8. The number of nitrogens with two attached hydrogens (primary N) is 6. The van der Waals surface area contributed by atoms with Crippen molar-refractivity contribution in [2.75, 3.05) is 51.5 Å². The van der Waals surface area contributed by atoms with Crippen LogP contribution in [0.15, 0.2) is 182 Å². The standard InChI is InChI=1S/C81H107N13O19/c1-2-3-4-5-6-7-8-9-10-11-12-13-32-45-61(95)88-49-60-68(106-74-63(87)70(112-80(100)93-54-41-28-18-29-42-54)67(59(48-83)103-74)110-78(98)91-52-37-24-16-25-38-52)72(113-81(101)94-55-43-30-19-31-44-55)75(104-60)107-71-64(56(84)46-57(85)65(71)108-76(96)89-50-33-20-14-21-34-50)105-73-62(86)69(111-79(99)92-53-39-26-17-27-40-53)66(58(47-82)102-73)109-77(97)90-51-35-22-15-23-36-51/h14-31,33-44,56-60,62-75H,2-13,32,45-49,82-87H2,1H3,(H,88,95)(H,89,96)(H,90,97)(H,91,98)(H,92,99)(H,93,100)(H,94,101). The van der Waals surface area contributed by atoms with Crippen molar-refractivity contribution in [1.82, 2.24) is 5.32 Å². The summed E-state index contributed by atoms with van der Waals surface area (Å²) in [5, 5.41) is 19.0. The van der Waals surface area contributed by atoms with Gasteiger partial charge >= 0.3 is 36.6 Å². The average molecular weight is 1570 g/mol. The van der Waals surface area contributed by atoms with Crippen LogP contribution in [-0.2, 0) is 61.6 Å². The Kier molecular flexibility index (Phi) is 33.5. The molecule has 19 N–H and O–H groups in total. The van der Waals surface area contributed by atoms with Crippen molar-refractivity contribution in [3.05, 3.63) is 182 Å². The van der Waals surface area contributed by atoms with Gasteiger partial charge in [-0.15, -0.1) is 0 Å². The maximum Gasteiger partial charge on any atom is 0.412 e. The number of carbonyl (C=O) groups is 7. The first kappa shape index (κ1) is 85.4. The largest absolute Gasteiger partial charge is 0.441 e. The van der Waals surface area contributed by atoms with Gasteiger partial charge in [-0.25, -0.2) is 28.8 Å². The van der Waals surface area contributed by atoms with E-state index in [9.17, 15) is 33.6 Å². The van der Waals surface area contributed by atoms with Crippen molar-refractivity contribution in [2.45, 2.75) is 220 Å². The number of para-hydroxylation sites is 6. The summed E-state index contributed by atoms with van der Waals surface area (Å²) in [6.07, 6.45) is -16.2. The van der Waals surface area contributed by atoms with Gasteiger partial charge in [0.05, 0.1) is 12.1 Å². The minimum Gasteiger partial charge on any atom is -0.441 e. The summed E-state index contributed by atoms with van der Waals surface area (Å²) in [4.78, 5) is 99.1. The van der Waals surface area contributed by atoms with Gasteiger partial charge in [-0.2, -0.15) is 0 Å². The van der Waals surface area contributed by atoms with E-state index in [0.29, 0.717) is 34.9 Å². The Morgan fingerprint density at radius 2 is 0.611 bits per heavy atom. The number of hydrogen-bond donors (Lipinski definition) is 13. The smallest absolute Gasteiger partial charge is 0.412 e. The monoisotopic (exact) mass is 1570 g/mol. The quantitative estimate of drug-likeness (QED) is 0.0128. The lowest BCUT2D eigenvalue weighted by molar-refractivity contribution is -0.304. The molecule has 7 amide bonds. The molecule has 1 aliphatic carbocycles. The molecule has 1 saturated carbocycles. The number of benzene rings is 6. The lowest BCUT2D eigenvalue weighted by atomic mass is 9.84. The van der Waals surface area contributed by atoms with Gasteiger partial charge < -0.3 is 96.6 Å². The first-order valence-corrected chi connectivity index (χ1v) is 38.7. The second-order valence-corrected chi connectivity index (χ2v) is 28.1. The summed E-state index contributed by atoms with van der Waals surface area (Å²) in [6, 6.07) is 44.5. The first-order chi connectivity index (χ1) is 54.9. The summed E-state index contributed by atoms with van der Waals surface area (Å²) in [6.45, 7) is 1.03. The lowest BCUT2D eigenvalue weighted by Crippen LogP contribution is -2.69. The predicted octanol–water partition coefficient (Wildman–Crippen LogP) is 10.2. The highest BCUT2D eigenvalue weighted by Crippen LogP contribution is 2.39. The molecule has 32 nitrogen and oxygen atoms in total. The fraction of sp³-hybridized carbons (Fsp3) is 0.469. The molecule has 32 heteroatoms. The van der Waals surface area contributed by atoms with Crippen LogP contribution < -0.4 is 71.6 Å². The molecule has 3 heterocycles. The van der Waals surface area contributed by atoms with E-state index in [2.05, 4.69) is 44.1 Å². The van der Waals surface area contributed by atoms with Crippen LogP contribution in [0.2, 0.25) is 0 Å². The van der Waals surface area contributed by atoms with Crippen molar-refractivity contribution in [2.24, 2.45) is 34.4 Å². The van der Waals surface area contributed by atoms with Crippen molar-refractivity contribution in [3.8, 4) is 0 Å². The zero-order valence-corrected chi connectivity index (χ0v) is 63.2. The molecule has 0 aromatic heterocycles. The number of carbonyl (C=O) groups excluding carboxylic acids is 7. The third-order valence-electron chi connectivity index (χ3n) is 19.6. The Morgan fingerprint density at radius 3 is 0.956 bits per heavy atom. The number of unbranched alkanes of at least 4 members (excludes halogenated alkanes) is 12. The molecule has 113 heavy (non-hydrogen) atoms. The normalized spacial score (nSPS) is 26.6. The minimum absolute atomic E-state index is 0.113. The first-order valence-electron chi connectivity index (χ1n) is 38.7. The predicted molar refractivity (Wildman–Crippen MR) is 421 cm³/mol. The summed E-state index contributed by atoms with van der Waals surface area (Å²) >= 11 is 0. The van der Waals surface area contributed by atoms with Crippen molar-refractivity contribution >= 4 is 76.6 Å². The Morgan fingerprint density at radius 1 is 0.327 bits per heavy atom. The Bertz CT molecular complexity index is 3880. The van der Waals surface area contributed by atoms with E-state index < -0.39 is 166 Å². The SMILES string of the molecule is CCCCCCCCCCCCCCCC(=O)NCC1OC(OC2C(OC(=O)Nc3ccccc3)C(N)CC(N)C2OC2OC(CN)C(OC(=O)Nc3ccccc3)C(OC(=O)Nc3ccccc3)C2N)C(OC(=O)Nc2ccccc2)C1OC1OC(CN)C(OC(=O)Nc2ccccc2)C(OC(=O)Nc2ccccc2)C1N. The number of anilines is 6. The van der Waals surface area contributed by atoms with Crippen LogP contribution in [0.5, 0.6) is 0 Å². The summed E-state index contributed by atoms with van der Waals surface area (Å²) < 4.78 is 77.9. The molecule has 3 saturated heterocycles. The summed E-state index contributed by atoms with van der Waals surface area (Å²) in [7, 11) is 0. The van der Waals surface area contributed by atoms with Crippen molar-refractivity contribution in [1.29, 1.82) is 0 Å². The second kappa shape index (κ2) is 44.4. The maximum absolute atomic E-state index is 14.8. The molecule has 4 fully saturated rings. The fourth-order valence-electron chi connectivity index (χ4n) is 13.9. The molecular weight excluding hydrogens is 1460 g/mol. The molecule has 6 aromatic carbocycles. The van der Waals surface area contributed by atoms with Gasteiger partial charge in [0.2, 0.25) is 5.91 Å². The van der Waals surface area contributed by atoms with Crippen LogP contribution in [0, 0.1) is 0 Å². The number of ether oxygens (including phenoxy) is 12. The fourth-order valence-corrected chi connectivity index (χ4v) is 13.9. The van der Waals surface area contributed by atoms with Crippen LogP contribution in [0.3, 0.4) is 0 Å². The van der Waals surface area contributed by atoms with E-state index in [1.807, 2.05) is 0 Å². The van der Waals surface area contributed by atoms with E-state index >= 15 is 0 Å². The third kappa shape index (κ3) is 26.0. The highest BCUT2D eigenvalue weighted by Gasteiger charge is 2.59. The molecule has 3 aliphatic heterocycles. The lowest BCUT2D eigenvalue weighted by Gasteiger charge is -2.48. The van der Waals surface area contributed by atoms with E-state index in [-0.39, 0.29) is 31.0 Å². The molecular formula is C81H107N13O19.